The van der Waals surface area contributed by atoms with Gasteiger partial charge in [-0.15, -0.1) is 0 Å². The number of amides is 2. The maximum atomic E-state index is 12.5. The van der Waals surface area contributed by atoms with Crippen LogP contribution in [0.15, 0.2) is 46.9 Å². The zero-order chi connectivity index (χ0) is 22.8. The Morgan fingerprint density at radius 1 is 1.00 bits per heavy atom. The molecule has 0 aliphatic rings. The summed E-state index contributed by atoms with van der Waals surface area (Å²) >= 11 is 3.33. The molecule has 31 heavy (non-hydrogen) atoms. The van der Waals surface area contributed by atoms with E-state index in [0.29, 0.717) is 34.1 Å². The highest BCUT2D eigenvalue weighted by Crippen LogP contribution is 2.23. The predicted molar refractivity (Wildman–Crippen MR) is 118 cm³/mol. The van der Waals surface area contributed by atoms with Crippen LogP contribution >= 0.6 is 15.9 Å². The first-order valence-corrected chi connectivity index (χ1v) is 10.5. The van der Waals surface area contributed by atoms with Gasteiger partial charge in [0, 0.05) is 4.47 Å². The van der Waals surface area contributed by atoms with Crippen LogP contribution in [0.25, 0.3) is 0 Å². The minimum atomic E-state index is -0.553. The summed E-state index contributed by atoms with van der Waals surface area (Å²) < 4.78 is 16.6. The molecule has 0 atom stereocenters. The first-order chi connectivity index (χ1) is 14.8. The quantitative estimate of drug-likeness (QED) is 0.410. The van der Waals surface area contributed by atoms with Crippen LogP contribution in [0.3, 0.4) is 0 Å². The Labute approximate surface area is 189 Å². The molecule has 8 nitrogen and oxygen atoms in total. The summed E-state index contributed by atoms with van der Waals surface area (Å²) in [4.78, 5) is 36.1. The van der Waals surface area contributed by atoms with Gasteiger partial charge in [0.1, 0.15) is 11.5 Å². The lowest BCUT2D eigenvalue weighted by molar-refractivity contribution is -0.123. The van der Waals surface area contributed by atoms with Crippen LogP contribution in [-0.4, -0.2) is 37.6 Å². The molecule has 0 radical (unpaired) electrons. The molecule has 0 saturated carbocycles. The number of hydrogen-bond acceptors (Lipinski definition) is 6. The van der Waals surface area contributed by atoms with Crippen LogP contribution < -0.4 is 20.3 Å². The topological polar surface area (TPSA) is 103 Å². The third-order valence-electron chi connectivity index (χ3n) is 3.81. The molecule has 0 heterocycles. The number of rotatable bonds is 9. The van der Waals surface area contributed by atoms with Crippen LogP contribution in [0.2, 0.25) is 0 Å². The number of hydrazine groups is 1. The lowest BCUT2D eigenvalue weighted by Gasteiger charge is -2.14. The molecular formula is C22H25BrN2O6. The van der Waals surface area contributed by atoms with E-state index < -0.39 is 17.8 Å². The van der Waals surface area contributed by atoms with Crippen molar-refractivity contribution in [2.75, 3.05) is 19.8 Å². The maximum absolute atomic E-state index is 12.5. The Morgan fingerprint density at radius 3 is 2.35 bits per heavy atom. The van der Waals surface area contributed by atoms with Crippen molar-refractivity contribution < 1.29 is 28.6 Å². The Hall–Kier alpha value is -3.07. The number of carbonyl (C=O) groups excluding carboxylic acids is 3. The van der Waals surface area contributed by atoms with Crippen LogP contribution in [0.4, 0.5) is 0 Å². The van der Waals surface area contributed by atoms with Gasteiger partial charge in [0.15, 0.2) is 6.61 Å². The van der Waals surface area contributed by atoms with E-state index in [9.17, 15) is 14.4 Å². The summed E-state index contributed by atoms with van der Waals surface area (Å²) in [5.41, 5.74) is 5.32. The molecule has 0 saturated heterocycles. The number of hydrogen-bond donors (Lipinski definition) is 2. The summed E-state index contributed by atoms with van der Waals surface area (Å²) in [6, 6.07) is 11.3. The smallest absolute Gasteiger partial charge is 0.338 e. The van der Waals surface area contributed by atoms with Crippen molar-refractivity contribution in [1.82, 2.24) is 10.9 Å². The van der Waals surface area contributed by atoms with Crippen molar-refractivity contribution in [3.05, 3.63) is 58.1 Å². The minimum Gasteiger partial charge on any atom is -0.492 e. The first kappa shape index (κ1) is 24.2. The van der Waals surface area contributed by atoms with Crippen molar-refractivity contribution in [1.29, 1.82) is 0 Å². The molecule has 9 heteroatoms. The van der Waals surface area contributed by atoms with E-state index in [-0.39, 0.29) is 18.8 Å². The van der Waals surface area contributed by atoms with Gasteiger partial charge in [-0.1, -0.05) is 29.8 Å². The number of esters is 1. The molecule has 2 aromatic rings. The Kier molecular flexibility index (Phi) is 9.33. The highest BCUT2D eigenvalue weighted by atomic mass is 79.9. The van der Waals surface area contributed by atoms with E-state index in [1.165, 1.54) is 0 Å². The molecule has 2 aromatic carbocycles. The monoisotopic (exact) mass is 492 g/mol. The van der Waals surface area contributed by atoms with Crippen LogP contribution in [0, 0.1) is 5.92 Å². The van der Waals surface area contributed by atoms with E-state index >= 15 is 0 Å². The maximum Gasteiger partial charge on any atom is 0.338 e. The molecular weight excluding hydrogens is 468 g/mol. The van der Waals surface area contributed by atoms with Crippen molar-refractivity contribution in [2.45, 2.75) is 20.8 Å². The first-order valence-electron chi connectivity index (χ1n) is 9.71. The SMILES string of the molecule is CCOC(=O)c1ccc(OCC(=O)NNC(=O)c2cc(Br)ccc2OCC(C)C)cc1. The molecule has 0 aliphatic heterocycles. The average Bonchev–Trinajstić information content (AvgIpc) is 2.75. The van der Waals surface area contributed by atoms with Crippen molar-refractivity contribution in [2.24, 2.45) is 5.92 Å². The summed E-state index contributed by atoms with van der Waals surface area (Å²) in [6.07, 6.45) is 0. The van der Waals surface area contributed by atoms with Crippen LogP contribution in [0.1, 0.15) is 41.5 Å². The zero-order valence-electron chi connectivity index (χ0n) is 17.6. The summed E-state index contributed by atoms with van der Waals surface area (Å²) in [5.74, 6) is -0.399. The second-order valence-electron chi connectivity index (χ2n) is 6.88. The predicted octanol–water partition coefficient (Wildman–Crippen LogP) is 3.50. The standard InChI is InChI=1S/C22H25BrN2O6/c1-4-29-22(28)15-5-8-17(9-6-15)30-13-20(26)24-25-21(27)18-11-16(23)7-10-19(18)31-12-14(2)3/h5-11,14H,4,12-13H2,1-3H3,(H,24,26)(H,25,27). The minimum absolute atomic E-state index is 0.283. The average molecular weight is 493 g/mol. The second-order valence-corrected chi connectivity index (χ2v) is 7.80. The van der Waals surface area contributed by atoms with Crippen LogP contribution in [-0.2, 0) is 9.53 Å². The fourth-order valence-electron chi connectivity index (χ4n) is 2.34. The zero-order valence-corrected chi connectivity index (χ0v) is 19.2. The summed E-state index contributed by atoms with van der Waals surface area (Å²) in [7, 11) is 0. The number of ether oxygens (including phenoxy) is 3. The van der Waals surface area contributed by atoms with Crippen LogP contribution in [0.5, 0.6) is 11.5 Å². The lowest BCUT2D eigenvalue weighted by Crippen LogP contribution is -2.44. The number of benzene rings is 2. The highest BCUT2D eigenvalue weighted by Gasteiger charge is 2.15. The molecule has 0 aromatic heterocycles. The van der Waals surface area contributed by atoms with E-state index in [1.54, 1.807) is 49.4 Å². The molecule has 2 rings (SSSR count). The molecule has 0 spiro atoms. The number of nitrogens with one attached hydrogen (secondary N) is 2. The van der Waals surface area contributed by atoms with E-state index in [2.05, 4.69) is 26.8 Å². The van der Waals surface area contributed by atoms with Gasteiger partial charge in [0.05, 0.1) is 24.3 Å². The van der Waals surface area contributed by atoms with E-state index in [1.807, 2.05) is 13.8 Å². The molecule has 0 fully saturated rings. The fraction of sp³-hybridized carbons (Fsp3) is 0.318. The Bertz CT molecular complexity index is 915. The van der Waals surface area contributed by atoms with Crippen molar-refractivity contribution in [3.63, 3.8) is 0 Å². The third-order valence-corrected chi connectivity index (χ3v) is 4.30. The van der Waals surface area contributed by atoms with Gasteiger partial charge in [-0.25, -0.2) is 4.79 Å². The largest absolute Gasteiger partial charge is 0.492 e. The second kappa shape index (κ2) is 11.9. The molecule has 2 amide bonds. The van der Waals surface area contributed by atoms with Gasteiger partial charge in [-0.2, -0.15) is 0 Å². The van der Waals surface area contributed by atoms with Gasteiger partial charge in [-0.3, -0.25) is 20.4 Å². The van der Waals surface area contributed by atoms with Gasteiger partial charge in [0.25, 0.3) is 11.8 Å². The van der Waals surface area contributed by atoms with Gasteiger partial charge >= 0.3 is 5.97 Å². The van der Waals surface area contributed by atoms with Gasteiger partial charge in [-0.05, 0) is 55.3 Å². The van der Waals surface area contributed by atoms with Crippen molar-refractivity contribution in [3.8, 4) is 11.5 Å². The van der Waals surface area contributed by atoms with Gasteiger partial charge in [0.2, 0.25) is 0 Å². The molecule has 0 bridgehead atoms. The molecule has 0 unspecified atom stereocenters. The van der Waals surface area contributed by atoms with E-state index in [4.69, 9.17) is 14.2 Å². The number of carbonyl (C=O) groups is 3. The lowest BCUT2D eigenvalue weighted by atomic mass is 10.2. The Morgan fingerprint density at radius 2 is 1.71 bits per heavy atom. The third kappa shape index (κ3) is 7.93. The Balaban J connectivity index is 1.86. The summed E-state index contributed by atoms with van der Waals surface area (Å²) in [5, 5.41) is 0. The number of halogens is 1. The highest BCUT2D eigenvalue weighted by molar-refractivity contribution is 9.10. The normalized spacial score (nSPS) is 10.4. The van der Waals surface area contributed by atoms with Gasteiger partial charge < -0.3 is 14.2 Å². The van der Waals surface area contributed by atoms with E-state index in [0.717, 1.165) is 0 Å². The van der Waals surface area contributed by atoms with Crippen molar-refractivity contribution >= 4 is 33.7 Å². The molecule has 0 aliphatic carbocycles. The fourth-order valence-corrected chi connectivity index (χ4v) is 2.70. The molecule has 2 N–H and O–H groups in total. The summed E-state index contributed by atoms with van der Waals surface area (Å²) in [6.45, 7) is 6.15. The molecule has 166 valence electrons.